The molecular formula is C15H13ClN4. The highest BCUT2D eigenvalue weighted by Gasteiger charge is 2.22. The van der Waals surface area contributed by atoms with Crippen LogP contribution in [0, 0.1) is 0 Å². The van der Waals surface area contributed by atoms with Gasteiger partial charge in [0.05, 0.1) is 11.2 Å². The fourth-order valence-electron chi connectivity index (χ4n) is 2.39. The molecule has 3 aromatic rings. The summed E-state index contributed by atoms with van der Waals surface area (Å²) in [6.07, 6.45) is 6.26. The lowest BCUT2D eigenvalue weighted by molar-refractivity contribution is 1.01. The summed E-state index contributed by atoms with van der Waals surface area (Å²) < 4.78 is 2.05. The molecule has 4 rings (SSSR count). The van der Waals surface area contributed by atoms with Gasteiger partial charge < -0.3 is 5.32 Å². The number of hydrogen-bond acceptors (Lipinski definition) is 3. The molecular weight excluding hydrogens is 272 g/mol. The van der Waals surface area contributed by atoms with E-state index < -0.39 is 0 Å². The van der Waals surface area contributed by atoms with E-state index in [1.165, 1.54) is 18.2 Å². The minimum Gasteiger partial charge on any atom is -0.381 e. The maximum Gasteiger partial charge on any atom is 0.224 e. The van der Waals surface area contributed by atoms with Gasteiger partial charge in [-0.05, 0) is 36.6 Å². The van der Waals surface area contributed by atoms with E-state index in [2.05, 4.69) is 39.7 Å². The molecule has 0 unspecified atom stereocenters. The van der Waals surface area contributed by atoms with Gasteiger partial charge in [-0.2, -0.15) is 4.98 Å². The van der Waals surface area contributed by atoms with Crippen LogP contribution in [0.5, 0.6) is 0 Å². The first-order valence-electron chi connectivity index (χ1n) is 6.67. The van der Waals surface area contributed by atoms with Crippen molar-refractivity contribution in [3.05, 3.63) is 48.0 Å². The molecule has 1 aliphatic carbocycles. The van der Waals surface area contributed by atoms with Crippen molar-refractivity contribution >= 4 is 28.2 Å². The second-order valence-electron chi connectivity index (χ2n) is 5.03. The van der Waals surface area contributed by atoms with Crippen LogP contribution in [0.3, 0.4) is 0 Å². The molecule has 2 aromatic heterocycles. The molecule has 0 bridgehead atoms. The van der Waals surface area contributed by atoms with Crippen LogP contribution in [0.4, 0.5) is 5.69 Å². The molecule has 1 N–H and O–H groups in total. The van der Waals surface area contributed by atoms with E-state index in [-0.39, 0.29) is 5.28 Å². The van der Waals surface area contributed by atoms with Gasteiger partial charge in [-0.15, -0.1) is 0 Å². The largest absolute Gasteiger partial charge is 0.381 e. The van der Waals surface area contributed by atoms with Crippen LogP contribution in [0.25, 0.3) is 16.7 Å². The Bertz CT molecular complexity index is 776. The van der Waals surface area contributed by atoms with Crippen molar-refractivity contribution in [2.75, 3.05) is 5.32 Å². The highest BCUT2D eigenvalue weighted by Crippen LogP contribution is 2.32. The Morgan fingerprint density at radius 1 is 1.20 bits per heavy atom. The van der Waals surface area contributed by atoms with Crippen molar-refractivity contribution in [1.82, 2.24) is 14.5 Å². The minimum absolute atomic E-state index is 0.261. The van der Waals surface area contributed by atoms with Crippen LogP contribution in [0.2, 0.25) is 5.28 Å². The summed E-state index contributed by atoms with van der Waals surface area (Å²) in [6, 6.07) is 10.8. The van der Waals surface area contributed by atoms with Crippen LogP contribution in [-0.2, 0) is 0 Å². The Balaban J connectivity index is 1.90. The number of nitrogens with one attached hydrogen (secondary N) is 1. The predicted molar refractivity (Wildman–Crippen MR) is 80.5 cm³/mol. The predicted octanol–water partition coefficient (Wildman–Crippen LogP) is 3.65. The number of hydrogen-bond donors (Lipinski definition) is 1. The third kappa shape index (κ3) is 2.02. The number of aromatic nitrogens is 3. The second kappa shape index (κ2) is 4.49. The summed E-state index contributed by atoms with van der Waals surface area (Å²) in [5.41, 5.74) is 2.27. The Labute approximate surface area is 121 Å². The Morgan fingerprint density at radius 2 is 2.05 bits per heavy atom. The standard InChI is InChI=1S/C15H13ClN4/c16-15-17-8-7-14(19-15)20-9-12(18-10-5-6-10)11-3-1-2-4-13(11)20/h1-4,7-10,18H,5-6H2. The zero-order chi connectivity index (χ0) is 13.5. The highest BCUT2D eigenvalue weighted by molar-refractivity contribution is 6.28. The zero-order valence-electron chi connectivity index (χ0n) is 10.8. The second-order valence-corrected chi connectivity index (χ2v) is 5.37. The van der Waals surface area contributed by atoms with Crippen molar-refractivity contribution in [3.8, 4) is 5.82 Å². The van der Waals surface area contributed by atoms with Gasteiger partial charge in [-0.3, -0.25) is 4.57 Å². The van der Waals surface area contributed by atoms with E-state index in [9.17, 15) is 0 Å². The van der Waals surface area contributed by atoms with E-state index >= 15 is 0 Å². The number of benzene rings is 1. The minimum atomic E-state index is 0.261. The lowest BCUT2D eigenvalue weighted by atomic mass is 10.2. The van der Waals surface area contributed by atoms with Crippen molar-refractivity contribution in [2.45, 2.75) is 18.9 Å². The molecule has 4 nitrogen and oxygen atoms in total. The van der Waals surface area contributed by atoms with Gasteiger partial charge in [0.25, 0.3) is 0 Å². The molecule has 0 spiro atoms. The number of nitrogens with zero attached hydrogens (tertiary/aromatic N) is 3. The van der Waals surface area contributed by atoms with E-state index in [4.69, 9.17) is 11.6 Å². The van der Waals surface area contributed by atoms with Gasteiger partial charge in [-0.25, -0.2) is 4.98 Å². The molecule has 0 aliphatic heterocycles. The molecule has 0 atom stereocenters. The molecule has 0 amide bonds. The molecule has 1 aliphatic rings. The third-order valence-corrected chi connectivity index (χ3v) is 3.69. The van der Waals surface area contributed by atoms with Crippen molar-refractivity contribution in [2.24, 2.45) is 0 Å². The van der Waals surface area contributed by atoms with Gasteiger partial charge in [0.15, 0.2) is 0 Å². The monoisotopic (exact) mass is 284 g/mol. The highest BCUT2D eigenvalue weighted by atomic mass is 35.5. The van der Waals surface area contributed by atoms with Crippen LogP contribution in [0.15, 0.2) is 42.7 Å². The molecule has 5 heteroatoms. The van der Waals surface area contributed by atoms with Crippen molar-refractivity contribution in [1.29, 1.82) is 0 Å². The summed E-state index contributed by atoms with van der Waals surface area (Å²) in [7, 11) is 0. The number of fused-ring (bicyclic) bond motifs is 1. The van der Waals surface area contributed by atoms with E-state index in [0.29, 0.717) is 6.04 Å². The Hall–Kier alpha value is -2.07. The van der Waals surface area contributed by atoms with Crippen molar-refractivity contribution < 1.29 is 0 Å². The summed E-state index contributed by atoms with van der Waals surface area (Å²) in [6.45, 7) is 0. The van der Waals surface area contributed by atoms with E-state index in [1.54, 1.807) is 6.20 Å². The smallest absolute Gasteiger partial charge is 0.224 e. The third-order valence-electron chi connectivity index (χ3n) is 3.51. The van der Waals surface area contributed by atoms with Crippen LogP contribution in [0.1, 0.15) is 12.8 Å². The average molecular weight is 285 g/mol. The topological polar surface area (TPSA) is 42.7 Å². The van der Waals surface area contributed by atoms with Crippen LogP contribution in [-0.4, -0.2) is 20.6 Å². The summed E-state index contributed by atoms with van der Waals surface area (Å²) in [5, 5.41) is 5.03. The molecule has 1 fully saturated rings. The van der Waals surface area contributed by atoms with Crippen LogP contribution < -0.4 is 5.32 Å². The normalized spacial score (nSPS) is 14.7. The first-order chi connectivity index (χ1) is 9.81. The van der Waals surface area contributed by atoms with Gasteiger partial charge in [0, 0.05) is 23.8 Å². The van der Waals surface area contributed by atoms with Gasteiger partial charge in [0.2, 0.25) is 5.28 Å². The number of rotatable bonds is 3. The quantitative estimate of drug-likeness (QED) is 0.747. The fourth-order valence-corrected chi connectivity index (χ4v) is 2.54. The first kappa shape index (κ1) is 11.7. The summed E-state index contributed by atoms with van der Waals surface area (Å²) >= 11 is 5.90. The van der Waals surface area contributed by atoms with E-state index in [0.717, 1.165) is 17.0 Å². The molecule has 1 aromatic carbocycles. The fraction of sp³-hybridized carbons (Fsp3) is 0.200. The number of para-hydroxylation sites is 1. The SMILES string of the molecule is Clc1nccc(-n2cc(NC3CC3)c3ccccc32)n1. The number of halogens is 1. The number of anilines is 1. The lowest BCUT2D eigenvalue weighted by Gasteiger charge is -2.03. The summed E-state index contributed by atoms with van der Waals surface area (Å²) in [4.78, 5) is 8.23. The van der Waals surface area contributed by atoms with Gasteiger partial charge in [0.1, 0.15) is 5.82 Å². The maximum atomic E-state index is 5.90. The molecule has 1 saturated carbocycles. The molecule has 0 radical (unpaired) electrons. The zero-order valence-corrected chi connectivity index (χ0v) is 11.5. The lowest BCUT2D eigenvalue weighted by Crippen LogP contribution is -2.00. The maximum absolute atomic E-state index is 5.90. The average Bonchev–Trinajstić information content (AvgIpc) is 3.20. The van der Waals surface area contributed by atoms with Gasteiger partial charge >= 0.3 is 0 Å². The molecule has 20 heavy (non-hydrogen) atoms. The van der Waals surface area contributed by atoms with Crippen molar-refractivity contribution in [3.63, 3.8) is 0 Å². The Kier molecular flexibility index (Phi) is 2.63. The Morgan fingerprint density at radius 3 is 2.85 bits per heavy atom. The molecule has 2 heterocycles. The molecule has 100 valence electrons. The van der Waals surface area contributed by atoms with E-state index in [1.807, 2.05) is 16.7 Å². The molecule has 0 saturated heterocycles. The van der Waals surface area contributed by atoms with Crippen LogP contribution >= 0.6 is 11.6 Å². The van der Waals surface area contributed by atoms with Gasteiger partial charge in [-0.1, -0.05) is 18.2 Å². The summed E-state index contributed by atoms with van der Waals surface area (Å²) in [5.74, 6) is 0.782. The first-order valence-corrected chi connectivity index (χ1v) is 7.04.